The van der Waals surface area contributed by atoms with Gasteiger partial charge in [-0.25, -0.2) is 0 Å². The van der Waals surface area contributed by atoms with Gasteiger partial charge in [0.15, 0.2) is 0 Å². The van der Waals surface area contributed by atoms with Crippen LogP contribution < -0.4 is 5.32 Å². The van der Waals surface area contributed by atoms with Gasteiger partial charge < -0.3 is 14.8 Å². The molecule has 0 saturated heterocycles. The number of nitrogens with zero attached hydrogens (tertiary/aromatic N) is 1. The van der Waals surface area contributed by atoms with Crippen molar-refractivity contribution in [3.05, 3.63) is 0 Å². The molecule has 4 nitrogen and oxygen atoms in total. The van der Waals surface area contributed by atoms with E-state index in [9.17, 15) is 0 Å². The molecule has 0 atom stereocenters. The van der Waals surface area contributed by atoms with Crippen LogP contribution in [0.1, 0.15) is 33.6 Å². The fourth-order valence-corrected chi connectivity index (χ4v) is 1.68. The lowest BCUT2D eigenvalue weighted by molar-refractivity contribution is 0.123. The first-order valence-electron chi connectivity index (χ1n) is 7.23. The summed E-state index contributed by atoms with van der Waals surface area (Å²) in [5, 5.41) is 3.42. The fourth-order valence-electron chi connectivity index (χ4n) is 1.68. The van der Waals surface area contributed by atoms with Crippen LogP contribution in [0, 0.1) is 0 Å². The van der Waals surface area contributed by atoms with E-state index < -0.39 is 0 Å². The summed E-state index contributed by atoms with van der Waals surface area (Å²) in [7, 11) is 1.75. The first-order chi connectivity index (χ1) is 8.72. The molecule has 0 aromatic heterocycles. The minimum absolute atomic E-state index is 0.572. The third-order valence-corrected chi connectivity index (χ3v) is 2.95. The Hall–Kier alpha value is -0.160. The molecule has 0 bridgehead atoms. The largest absolute Gasteiger partial charge is 0.383 e. The van der Waals surface area contributed by atoms with E-state index in [2.05, 4.69) is 31.0 Å². The van der Waals surface area contributed by atoms with Crippen molar-refractivity contribution in [1.82, 2.24) is 10.2 Å². The zero-order valence-electron chi connectivity index (χ0n) is 12.7. The predicted molar refractivity (Wildman–Crippen MR) is 77.2 cm³/mol. The minimum atomic E-state index is 0.572. The summed E-state index contributed by atoms with van der Waals surface area (Å²) in [6.45, 7) is 13.2. The number of unbranched alkanes of at least 4 members (excludes halogenated alkanes) is 1. The van der Waals surface area contributed by atoms with Crippen molar-refractivity contribution in [2.75, 3.05) is 53.1 Å². The van der Waals surface area contributed by atoms with E-state index in [-0.39, 0.29) is 0 Å². The number of ether oxygens (including phenoxy) is 2. The number of methoxy groups -OCH3 is 1. The van der Waals surface area contributed by atoms with Gasteiger partial charge in [-0.15, -0.1) is 0 Å². The van der Waals surface area contributed by atoms with E-state index >= 15 is 0 Å². The highest BCUT2D eigenvalue weighted by Crippen LogP contribution is 1.96. The zero-order valence-corrected chi connectivity index (χ0v) is 12.7. The van der Waals surface area contributed by atoms with Crippen molar-refractivity contribution in [3.8, 4) is 0 Å². The average molecular weight is 260 g/mol. The molecule has 0 spiro atoms. The topological polar surface area (TPSA) is 33.7 Å². The highest BCUT2D eigenvalue weighted by molar-refractivity contribution is 4.64. The van der Waals surface area contributed by atoms with Crippen LogP contribution in [0.5, 0.6) is 0 Å². The SMILES string of the molecule is CCCCOCCNCCN(CCOC)C(C)C. The van der Waals surface area contributed by atoms with Gasteiger partial charge in [0, 0.05) is 45.9 Å². The number of hydrogen-bond donors (Lipinski definition) is 1. The van der Waals surface area contributed by atoms with Crippen LogP contribution in [-0.4, -0.2) is 64.1 Å². The standard InChI is InChI=1S/C14H32N2O2/c1-5-6-11-18-12-8-15-7-9-16(14(2)3)10-13-17-4/h14-15H,5-13H2,1-4H3. The van der Waals surface area contributed by atoms with E-state index in [1.807, 2.05) is 0 Å². The highest BCUT2D eigenvalue weighted by Gasteiger charge is 2.07. The Kier molecular flexibility index (Phi) is 13.2. The molecule has 0 aromatic carbocycles. The average Bonchev–Trinajstić information content (AvgIpc) is 2.35. The zero-order chi connectivity index (χ0) is 13.6. The summed E-state index contributed by atoms with van der Waals surface area (Å²) in [5.41, 5.74) is 0. The van der Waals surface area contributed by atoms with Gasteiger partial charge in [-0.3, -0.25) is 4.90 Å². The molecule has 18 heavy (non-hydrogen) atoms. The Morgan fingerprint density at radius 3 is 2.44 bits per heavy atom. The van der Waals surface area contributed by atoms with Crippen LogP contribution in [0.3, 0.4) is 0 Å². The van der Waals surface area contributed by atoms with Crippen molar-refractivity contribution in [1.29, 1.82) is 0 Å². The Balaban J connectivity index is 3.37. The lowest BCUT2D eigenvalue weighted by atomic mass is 10.3. The summed E-state index contributed by atoms with van der Waals surface area (Å²) in [6, 6.07) is 0.572. The van der Waals surface area contributed by atoms with Crippen LogP contribution >= 0.6 is 0 Å². The number of nitrogens with one attached hydrogen (secondary N) is 1. The summed E-state index contributed by atoms with van der Waals surface area (Å²) in [4.78, 5) is 2.43. The van der Waals surface area contributed by atoms with E-state index in [0.29, 0.717) is 6.04 Å². The summed E-state index contributed by atoms with van der Waals surface area (Å²) < 4.78 is 10.6. The van der Waals surface area contributed by atoms with Crippen molar-refractivity contribution in [2.45, 2.75) is 39.7 Å². The molecule has 0 amide bonds. The fraction of sp³-hybridized carbons (Fsp3) is 1.00. The van der Waals surface area contributed by atoms with Gasteiger partial charge >= 0.3 is 0 Å². The van der Waals surface area contributed by atoms with Gasteiger partial charge in [0.2, 0.25) is 0 Å². The van der Waals surface area contributed by atoms with E-state index in [1.54, 1.807) is 7.11 Å². The van der Waals surface area contributed by atoms with E-state index in [4.69, 9.17) is 9.47 Å². The number of rotatable bonds is 13. The Morgan fingerprint density at radius 2 is 1.83 bits per heavy atom. The molecule has 1 N–H and O–H groups in total. The molecule has 0 saturated carbocycles. The van der Waals surface area contributed by atoms with Crippen molar-refractivity contribution < 1.29 is 9.47 Å². The molecule has 0 aliphatic rings. The lowest BCUT2D eigenvalue weighted by Crippen LogP contribution is -2.39. The summed E-state index contributed by atoms with van der Waals surface area (Å²) in [5.74, 6) is 0. The molecular weight excluding hydrogens is 228 g/mol. The Morgan fingerprint density at radius 1 is 1.06 bits per heavy atom. The first-order valence-corrected chi connectivity index (χ1v) is 7.23. The Labute approximate surface area is 113 Å². The van der Waals surface area contributed by atoms with Gasteiger partial charge in [-0.05, 0) is 20.3 Å². The molecule has 0 unspecified atom stereocenters. The number of hydrogen-bond acceptors (Lipinski definition) is 4. The normalized spacial score (nSPS) is 11.7. The molecular formula is C14H32N2O2. The molecule has 4 heteroatoms. The van der Waals surface area contributed by atoms with Crippen LogP contribution in [0.15, 0.2) is 0 Å². The first kappa shape index (κ1) is 17.8. The maximum Gasteiger partial charge on any atom is 0.0590 e. The molecule has 110 valence electrons. The molecule has 0 aliphatic carbocycles. The summed E-state index contributed by atoms with van der Waals surface area (Å²) >= 11 is 0. The quantitative estimate of drug-likeness (QED) is 0.512. The van der Waals surface area contributed by atoms with Crippen LogP contribution in [0.4, 0.5) is 0 Å². The van der Waals surface area contributed by atoms with Crippen LogP contribution in [0.25, 0.3) is 0 Å². The molecule has 0 aliphatic heterocycles. The second-order valence-electron chi connectivity index (χ2n) is 4.84. The van der Waals surface area contributed by atoms with Gasteiger partial charge in [-0.1, -0.05) is 13.3 Å². The third-order valence-electron chi connectivity index (χ3n) is 2.95. The summed E-state index contributed by atoms with van der Waals surface area (Å²) in [6.07, 6.45) is 2.37. The molecule has 0 aromatic rings. The maximum atomic E-state index is 5.50. The molecule has 0 heterocycles. The van der Waals surface area contributed by atoms with Gasteiger partial charge in [-0.2, -0.15) is 0 Å². The predicted octanol–water partition coefficient (Wildman–Crippen LogP) is 1.75. The van der Waals surface area contributed by atoms with E-state index in [1.165, 1.54) is 6.42 Å². The van der Waals surface area contributed by atoms with Gasteiger partial charge in [0.25, 0.3) is 0 Å². The molecule has 0 fully saturated rings. The van der Waals surface area contributed by atoms with E-state index in [0.717, 1.165) is 52.4 Å². The van der Waals surface area contributed by atoms with Crippen LogP contribution in [-0.2, 0) is 9.47 Å². The molecule has 0 radical (unpaired) electrons. The highest BCUT2D eigenvalue weighted by atomic mass is 16.5. The van der Waals surface area contributed by atoms with Crippen LogP contribution in [0.2, 0.25) is 0 Å². The smallest absolute Gasteiger partial charge is 0.0590 e. The monoisotopic (exact) mass is 260 g/mol. The molecule has 0 rings (SSSR count). The van der Waals surface area contributed by atoms with Crippen molar-refractivity contribution >= 4 is 0 Å². The second kappa shape index (κ2) is 13.3. The van der Waals surface area contributed by atoms with Gasteiger partial charge in [0.1, 0.15) is 0 Å². The van der Waals surface area contributed by atoms with Crippen molar-refractivity contribution in [2.24, 2.45) is 0 Å². The Bertz CT molecular complexity index is 166. The maximum absolute atomic E-state index is 5.50. The minimum Gasteiger partial charge on any atom is -0.383 e. The van der Waals surface area contributed by atoms with Crippen molar-refractivity contribution in [3.63, 3.8) is 0 Å². The second-order valence-corrected chi connectivity index (χ2v) is 4.84. The lowest BCUT2D eigenvalue weighted by Gasteiger charge is -2.26. The van der Waals surface area contributed by atoms with Gasteiger partial charge in [0.05, 0.1) is 13.2 Å². The third kappa shape index (κ3) is 11.0.